The number of nitrogens with one attached hydrogen (secondary N) is 1. The molecule has 0 aliphatic heterocycles. The Bertz CT molecular complexity index is 1090. The summed E-state index contributed by atoms with van der Waals surface area (Å²) in [5.74, 6) is 0.578. The maximum atomic E-state index is 12.8. The molecule has 3 aromatic carbocycles. The van der Waals surface area contributed by atoms with Crippen molar-refractivity contribution in [2.45, 2.75) is 17.4 Å². The molecule has 0 fully saturated rings. The van der Waals surface area contributed by atoms with Crippen LogP contribution >= 0.6 is 0 Å². The van der Waals surface area contributed by atoms with Crippen molar-refractivity contribution in [3.63, 3.8) is 0 Å². The van der Waals surface area contributed by atoms with Gasteiger partial charge in [0.25, 0.3) is 0 Å². The van der Waals surface area contributed by atoms with Gasteiger partial charge in [-0.3, -0.25) is 0 Å². The summed E-state index contributed by atoms with van der Waals surface area (Å²) in [5, 5.41) is 10.9. The molecule has 0 radical (unpaired) electrons. The summed E-state index contributed by atoms with van der Waals surface area (Å²) in [6.07, 6.45) is 0. The summed E-state index contributed by atoms with van der Waals surface area (Å²) in [5.41, 5.74) is 1.27. The molecule has 1 unspecified atom stereocenters. The molecular formula is C23H25NO5S. The fourth-order valence-corrected chi connectivity index (χ4v) is 4.38. The van der Waals surface area contributed by atoms with Crippen molar-refractivity contribution >= 4 is 10.0 Å². The highest BCUT2D eigenvalue weighted by Crippen LogP contribution is 2.29. The number of aliphatic hydroxyl groups is 1. The van der Waals surface area contributed by atoms with Crippen LogP contribution in [0.3, 0.4) is 0 Å². The molecule has 0 heterocycles. The van der Waals surface area contributed by atoms with Crippen molar-refractivity contribution in [2.24, 2.45) is 0 Å². The molecule has 0 aliphatic rings. The molecule has 0 saturated heterocycles. The van der Waals surface area contributed by atoms with Gasteiger partial charge in [0.2, 0.25) is 10.0 Å². The van der Waals surface area contributed by atoms with Gasteiger partial charge in [0.1, 0.15) is 22.0 Å². The fourth-order valence-electron chi connectivity index (χ4n) is 3.06. The standard InChI is InChI=1S/C23H25NO5S/c1-23(25,19-11-9-18(10-12-19)17-7-5-4-6-8-17)16-24-30(26,27)22-15-20(28-2)13-14-21(22)29-3/h4-15,24-25H,16H2,1-3H3. The molecule has 158 valence electrons. The average Bonchev–Trinajstić information content (AvgIpc) is 2.78. The van der Waals surface area contributed by atoms with Gasteiger partial charge in [-0.2, -0.15) is 0 Å². The Morgan fingerprint density at radius 3 is 2.13 bits per heavy atom. The van der Waals surface area contributed by atoms with Crippen LogP contribution in [-0.2, 0) is 15.6 Å². The Morgan fingerprint density at radius 1 is 0.900 bits per heavy atom. The third-order valence-electron chi connectivity index (χ3n) is 4.88. The van der Waals surface area contributed by atoms with Crippen LogP contribution in [0.15, 0.2) is 77.7 Å². The van der Waals surface area contributed by atoms with E-state index in [0.717, 1.165) is 11.1 Å². The summed E-state index contributed by atoms with van der Waals surface area (Å²) in [6.45, 7) is 1.36. The van der Waals surface area contributed by atoms with E-state index in [1.54, 1.807) is 25.1 Å². The lowest BCUT2D eigenvalue weighted by atomic mass is 9.94. The van der Waals surface area contributed by atoms with Gasteiger partial charge in [0.15, 0.2) is 0 Å². The van der Waals surface area contributed by atoms with E-state index in [1.807, 2.05) is 42.5 Å². The van der Waals surface area contributed by atoms with Gasteiger partial charge >= 0.3 is 0 Å². The first-order chi connectivity index (χ1) is 14.3. The second-order valence-corrected chi connectivity index (χ2v) is 8.79. The lowest BCUT2D eigenvalue weighted by molar-refractivity contribution is 0.0627. The molecule has 2 N–H and O–H groups in total. The lowest BCUT2D eigenvalue weighted by Gasteiger charge is -2.25. The minimum atomic E-state index is -3.94. The molecule has 3 rings (SSSR count). The van der Waals surface area contributed by atoms with E-state index in [1.165, 1.54) is 26.4 Å². The number of rotatable bonds is 8. The topological polar surface area (TPSA) is 84.9 Å². The molecule has 0 aliphatic carbocycles. The Labute approximate surface area is 177 Å². The van der Waals surface area contributed by atoms with Gasteiger partial charge in [0.05, 0.1) is 14.2 Å². The van der Waals surface area contributed by atoms with Crippen molar-refractivity contribution < 1.29 is 23.0 Å². The van der Waals surface area contributed by atoms with E-state index < -0.39 is 15.6 Å². The zero-order valence-corrected chi connectivity index (χ0v) is 17.9. The minimum Gasteiger partial charge on any atom is -0.497 e. The maximum Gasteiger partial charge on any atom is 0.244 e. The van der Waals surface area contributed by atoms with Gasteiger partial charge in [-0.25, -0.2) is 13.1 Å². The zero-order chi connectivity index (χ0) is 21.8. The van der Waals surface area contributed by atoms with Gasteiger partial charge in [-0.15, -0.1) is 0 Å². The summed E-state index contributed by atoms with van der Waals surface area (Å²) in [4.78, 5) is -0.0559. The largest absolute Gasteiger partial charge is 0.497 e. The third-order valence-corrected chi connectivity index (χ3v) is 6.30. The van der Waals surface area contributed by atoms with Crippen LogP contribution in [0.4, 0.5) is 0 Å². The van der Waals surface area contributed by atoms with E-state index >= 15 is 0 Å². The molecule has 7 heteroatoms. The highest BCUT2D eigenvalue weighted by molar-refractivity contribution is 7.89. The smallest absolute Gasteiger partial charge is 0.244 e. The molecule has 30 heavy (non-hydrogen) atoms. The molecule has 0 saturated carbocycles. The van der Waals surface area contributed by atoms with Crippen molar-refractivity contribution in [3.05, 3.63) is 78.4 Å². The summed E-state index contributed by atoms with van der Waals surface area (Å²) in [6, 6.07) is 21.8. The Morgan fingerprint density at radius 2 is 1.53 bits per heavy atom. The number of methoxy groups -OCH3 is 2. The lowest BCUT2D eigenvalue weighted by Crippen LogP contribution is -2.38. The molecule has 0 bridgehead atoms. The van der Waals surface area contributed by atoms with Gasteiger partial charge < -0.3 is 14.6 Å². The third kappa shape index (κ3) is 4.81. The van der Waals surface area contributed by atoms with E-state index in [9.17, 15) is 13.5 Å². The summed E-state index contributed by atoms with van der Waals surface area (Å²) < 4.78 is 38.4. The van der Waals surface area contributed by atoms with Crippen LogP contribution in [0, 0.1) is 0 Å². The predicted octanol–water partition coefficient (Wildman–Crippen LogP) is 3.56. The van der Waals surface area contributed by atoms with Crippen LogP contribution in [-0.4, -0.2) is 34.3 Å². The van der Waals surface area contributed by atoms with Crippen molar-refractivity contribution in [3.8, 4) is 22.6 Å². The molecule has 6 nitrogen and oxygen atoms in total. The number of sulfonamides is 1. The highest BCUT2D eigenvalue weighted by Gasteiger charge is 2.28. The molecular weight excluding hydrogens is 402 g/mol. The van der Waals surface area contributed by atoms with Gasteiger partial charge in [0, 0.05) is 12.6 Å². The van der Waals surface area contributed by atoms with Crippen LogP contribution in [0.2, 0.25) is 0 Å². The Kier molecular flexibility index (Phi) is 6.45. The Balaban J connectivity index is 1.79. The van der Waals surface area contributed by atoms with E-state index in [-0.39, 0.29) is 17.2 Å². The highest BCUT2D eigenvalue weighted by atomic mass is 32.2. The van der Waals surface area contributed by atoms with E-state index in [2.05, 4.69) is 4.72 Å². The number of benzene rings is 3. The minimum absolute atomic E-state index is 0.0559. The first-order valence-corrected chi connectivity index (χ1v) is 10.9. The second kappa shape index (κ2) is 8.87. The van der Waals surface area contributed by atoms with Crippen LogP contribution in [0.5, 0.6) is 11.5 Å². The van der Waals surface area contributed by atoms with Crippen LogP contribution in [0.1, 0.15) is 12.5 Å². The molecule has 0 amide bonds. The van der Waals surface area contributed by atoms with E-state index in [4.69, 9.17) is 9.47 Å². The summed E-state index contributed by atoms with van der Waals surface area (Å²) in [7, 11) is -1.09. The van der Waals surface area contributed by atoms with Crippen molar-refractivity contribution in [1.29, 1.82) is 0 Å². The number of hydrogen-bond acceptors (Lipinski definition) is 5. The maximum absolute atomic E-state index is 12.8. The number of ether oxygens (including phenoxy) is 2. The first-order valence-electron chi connectivity index (χ1n) is 9.37. The fraction of sp³-hybridized carbons (Fsp3) is 0.217. The van der Waals surface area contributed by atoms with Crippen molar-refractivity contribution in [1.82, 2.24) is 4.72 Å². The molecule has 3 aromatic rings. The predicted molar refractivity (Wildman–Crippen MR) is 116 cm³/mol. The summed E-state index contributed by atoms with van der Waals surface area (Å²) >= 11 is 0. The monoisotopic (exact) mass is 427 g/mol. The molecule has 0 spiro atoms. The van der Waals surface area contributed by atoms with Gasteiger partial charge in [-0.1, -0.05) is 54.6 Å². The second-order valence-electron chi connectivity index (χ2n) is 7.06. The first kappa shape index (κ1) is 21.8. The van der Waals surface area contributed by atoms with Gasteiger partial charge in [-0.05, 0) is 35.7 Å². The Hall–Kier alpha value is -2.87. The molecule has 0 aromatic heterocycles. The zero-order valence-electron chi connectivity index (χ0n) is 17.1. The SMILES string of the molecule is COc1ccc(OC)c(S(=O)(=O)NCC(C)(O)c2ccc(-c3ccccc3)cc2)c1. The van der Waals surface area contributed by atoms with Crippen LogP contribution < -0.4 is 14.2 Å². The normalized spacial score (nSPS) is 13.5. The number of hydrogen-bond donors (Lipinski definition) is 2. The molecule has 1 atom stereocenters. The van der Waals surface area contributed by atoms with Crippen LogP contribution in [0.25, 0.3) is 11.1 Å². The van der Waals surface area contributed by atoms with E-state index in [0.29, 0.717) is 11.3 Å². The quantitative estimate of drug-likeness (QED) is 0.574. The van der Waals surface area contributed by atoms with Crippen molar-refractivity contribution in [2.75, 3.05) is 20.8 Å². The average molecular weight is 428 g/mol.